The summed E-state index contributed by atoms with van der Waals surface area (Å²) in [5.74, 6) is 0.228. The number of aliphatic imine (C=N–C) groups is 2. The molecule has 1 heterocycles. The second kappa shape index (κ2) is 5.31. The van der Waals surface area contributed by atoms with E-state index in [1.165, 1.54) is 0 Å². The number of rotatable bonds is 1. The summed E-state index contributed by atoms with van der Waals surface area (Å²) in [4.78, 5) is 19.4. The van der Waals surface area contributed by atoms with Gasteiger partial charge in [0.05, 0.1) is 11.4 Å². The minimum Gasteiger partial charge on any atom is -0.481 e. The van der Waals surface area contributed by atoms with Crippen LogP contribution < -0.4 is 27.3 Å². The molecule has 0 aliphatic carbocycles. The summed E-state index contributed by atoms with van der Waals surface area (Å²) in [5, 5.41) is 2.79. The minimum atomic E-state index is -0.207. The first-order valence-corrected chi connectivity index (χ1v) is 6.31. The van der Waals surface area contributed by atoms with Crippen LogP contribution in [0.5, 0.6) is 5.75 Å². The van der Waals surface area contributed by atoms with Gasteiger partial charge in [-0.2, -0.15) is 4.99 Å². The molecule has 1 aromatic carbocycles. The van der Waals surface area contributed by atoms with Gasteiger partial charge in [0.1, 0.15) is 5.75 Å². The van der Waals surface area contributed by atoms with Crippen LogP contribution in [0.2, 0.25) is 0 Å². The topological polar surface area (TPSA) is 141 Å². The Morgan fingerprint density at radius 1 is 1.14 bits per heavy atom. The predicted molar refractivity (Wildman–Crippen MR) is 81.9 cm³/mol. The molecule has 0 bridgehead atoms. The molecule has 8 heteroatoms. The van der Waals surface area contributed by atoms with Gasteiger partial charge in [0.2, 0.25) is 5.96 Å². The van der Waals surface area contributed by atoms with E-state index >= 15 is 0 Å². The quantitative estimate of drug-likeness (QED) is 0.430. The summed E-state index contributed by atoms with van der Waals surface area (Å²) >= 11 is 0. The van der Waals surface area contributed by atoms with Gasteiger partial charge in [0.25, 0.3) is 5.91 Å². The number of guanidine groups is 2. The Balaban J connectivity index is 2.63. The lowest BCUT2D eigenvalue weighted by Gasteiger charge is -2.24. The summed E-state index contributed by atoms with van der Waals surface area (Å²) in [6.45, 7) is 5.61. The van der Waals surface area contributed by atoms with E-state index in [9.17, 15) is 4.79 Å². The van der Waals surface area contributed by atoms with Crippen molar-refractivity contribution in [2.75, 3.05) is 11.9 Å². The Morgan fingerprint density at radius 2 is 1.81 bits per heavy atom. The number of ether oxygens (including phenoxy) is 1. The van der Waals surface area contributed by atoms with Gasteiger partial charge < -0.3 is 27.3 Å². The number of hydrogen-bond donors (Lipinski definition) is 4. The van der Waals surface area contributed by atoms with Crippen molar-refractivity contribution in [3.63, 3.8) is 0 Å². The molecule has 1 aliphatic heterocycles. The molecule has 1 aromatic rings. The molecule has 0 aromatic heterocycles. The van der Waals surface area contributed by atoms with Crippen LogP contribution in [0.25, 0.3) is 0 Å². The largest absolute Gasteiger partial charge is 0.481 e. The van der Waals surface area contributed by atoms with E-state index in [4.69, 9.17) is 21.9 Å². The van der Waals surface area contributed by atoms with Gasteiger partial charge in [0.15, 0.2) is 12.6 Å². The molecule has 0 saturated carbocycles. The molecule has 1 amide bonds. The van der Waals surface area contributed by atoms with Crippen molar-refractivity contribution in [3.05, 3.63) is 16.7 Å². The highest BCUT2D eigenvalue weighted by atomic mass is 16.5. The van der Waals surface area contributed by atoms with Crippen molar-refractivity contribution >= 4 is 29.2 Å². The molecule has 0 radical (unpaired) electrons. The fourth-order valence-electron chi connectivity index (χ4n) is 2.19. The Bertz CT molecular complexity index is 674. The molecule has 0 fully saturated rings. The van der Waals surface area contributed by atoms with E-state index in [2.05, 4.69) is 15.3 Å². The second-order valence-corrected chi connectivity index (χ2v) is 4.77. The lowest BCUT2D eigenvalue weighted by molar-refractivity contribution is -0.118. The Morgan fingerprint density at radius 3 is 2.43 bits per heavy atom. The van der Waals surface area contributed by atoms with Gasteiger partial charge in [-0.1, -0.05) is 0 Å². The van der Waals surface area contributed by atoms with Gasteiger partial charge in [-0.3, -0.25) is 4.79 Å². The normalized spacial score (nSPS) is 14.0. The molecule has 8 nitrogen and oxygen atoms in total. The molecule has 0 spiro atoms. The number of anilines is 1. The van der Waals surface area contributed by atoms with E-state index in [0.717, 1.165) is 16.7 Å². The third-order valence-electron chi connectivity index (χ3n) is 3.30. The zero-order valence-electron chi connectivity index (χ0n) is 12.2. The minimum absolute atomic E-state index is 0.00543. The molecule has 2 rings (SSSR count). The smallest absolute Gasteiger partial charge is 0.262 e. The highest BCUT2D eigenvalue weighted by Gasteiger charge is 2.24. The molecule has 21 heavy (non-hydrogen) atoms. The lowest BCUT2D eigenvalue weighted by Crippen LogP contribution is -2.27. The summed E-state index contributed by atoms with van der Waals surface area (Å²) in [6.07, 6.45) is 0. The molecule has 0 saturated heterocycles. The third kappa shape index (κ3) is 2.73. The monoisotopic (exact) mass is 290 g/mol. The van der Waals surface area contributed by atoms with E-state index < -0.39 is 0 Å². The van der Waals surface area contributed by atoms with Crippen LogP contribution in [0.4, 0.5) is 11.4 Å². The van der Waals surface area contributed by atoms with Gasteiger partial charge in [-0.25, -0.2) is 4.99 Å². The van der Waals surface area contributed by atoms with Crippen molar-refractivity contribution in [1.29, 1.82) is 0 Å². The van der Waals surface area contributed by atoms with E-state index in [0.29, 0.717) is 17.1 Å². The number of amides is 1. The Hall–Kier alpha value is -2.77. The highest BCUT2D eigenvalue weighted by Crippen LogP contribution is 2.42. The maximum atomic E-state index is 11.5. The number of carbonyl (C=O) groups is 1. The Labute approximate surface area is 122 Å². The standard InChI is InChI=1S/C13H18N6O2/c1-5-6(2)11-10(17-8(20)4-21-11)7(3)9(5)18-13(16)19-12(14)15/h4H2,1-3H3,(H,17,20)(H6,14,15,16,18,19). The lowest BCUT2D eigenvalue weighted by atomic mass is 9.99. The number of nitrogens with zero attached hydrogens (tertiary/aromatic N) is 2. The average molecular weight is 290 g/mol. The summed E-state index contributed by atoms with van der Waals surface area (Å²) in [5.41, 5.74) is 20.0. The number of fused-ring (bicyclic) bond motifs is 1. The SMILES string of the molecule is Cc1c(C)c2c(c(C)c1N=C(N)N=C(N)N)NC(=O)CO2. The molecule has 112 valence electrons. The summed E-state index contributed by atoms with van der Waals surface area (Å²) in [7, 11) is 0. The predicted octanol–water partition coefficient (Wildman–Crippen LogP) is 0.162. The van der Waals surface area contributed by atoms with Crippen molar-refractivity contribution in [3.8, 4) is 5.75 Å². The number of nitrogens with one attached hydrogen (secondary N) is 1. The second-order valence-electron chi connectivity index (χ2n) is 4.77. The van der Waals surface area contributed by atoms with Crippen molar-refractivity contribution in [2.45, 2.75) is 20.8 Å². The van der Waals surface area contributed by atoms with Gasteiger partial charge in [0, 0.05) is 5.56 Å². The number of nitrogens with two attached hydrogens (primary N) is 3. The molecular weight excluding hydrogens is 272 g/mol. The van der Waals surface area contributed by atoms with Crippen LogP contribution in [-0.4, -0.2) is 24.4 Å². The van der Waals surface area contributed by atoms with Gasteiger partial charge in [-0.15, -0.1) is 0 Å². The Kier molecular flexibility index (Phi) is 3.70. The van der Waals surface area contributed by atoms with E-state index in [1.54, 1.807) is 0 Å². The first-order chi connectivity index (χ1) is 9.81. The van der Waals surface area contributed by atoms with Crippen molar-refractivity contribution in [1.82, 2.24) is 0 Å². The molecule has 7 N–H and O–H groups in total. The molecule has 0 unspecified atom stereocenters. The number of carbonyl (C=O) groups excluding carboxylic acids is 1. The van der Waals surface area contributed by atoms with Crippen LogP contribution in [-0.2, 0) is 4.79 Å². The summed E-state index contributed by atoms with van der Waals surface area (Å²) in [6, 6.07) is 0. The molecule has 0 atom stereocenters. The van der Waals surface area contributed by atoms with E-state index in [-0.39, 0.29) is 24.4 Å². The van der Waals surface area contributed by atoms with Crippen LogP contribution in [0.1, 0.15) is 16.7 Å². The fraction of sp³-hybridized carbons (Fsp3) is 0.308. The maximum Gasteiger partial charge on any atom is 0.262 e. The number of benzene rings is 1. The molecular formula is C13H18N6O2. The fourth-order valence-corrected chi connectivity index (χ4v) is 2.19. The number of hydrogen-bond acceptors (Lipinski definition) is 3. The van der Waals surface area contributed by atoms with Crippen LogP contribution in [0, 0.1) is 20.8 Å². The third-order valence-corrected chi connectivity index (χ3v) is 3.30. The first kappa shape index (κ1) is 14.6. The van der Waals surface area contributed by atoms with Crippen LogP contribution in [0.3, 0.4) is 0 Å². The van der Waals surface area contributed by atoms with Gasteiger partial charge >= 0.3 is 0 Å². The van der Waals surface area contributed by atoms with Crippen molar-refractivity contribution < 1.29 is 9.53 Å². The molecule has 1 aliphatic rings. The van der Waals surface area contributed by atoms with Crippen LogP contribution >= 0.6 is 0 Å². The van der Waals surface area contributed by atoms with Gasteiger partial charge in [-0.05, 0) is 31.9 Å². The summed E-state index contributed by atoms with van der Waals surface area (Å²) < 4.78 is 5.49. The first-order valence-electron chi connectivity index (χ1n) is 6.31. The average Bonchev–Trinajstić information content (AvgIpc) is 2.40. The van der Waals surface area contributed by atoms with E-state index in [1.807, 2.05) is 20.8 Å². The van der Waals surface area contributed by atoms with Crippen molar-refractivity contribution in [2.24, 2.45) is 27.2 Å². The highest BCUT2D eigenvalue weighted by molar-refractivity contribution is 5.99. The zero-order valence-corrected chi connectivity index (χ0v) is 12.2. The zero-order chi connectivity index (χ0) is 15.7. The van der Waals surface area contributed by atoms with Crippen LogP contribution in [0.15, 0.2) is 9.98 Å². The maximum absolute atomic E-state index is 11.5.